The summed E-state index contributed by atoms with van der Waals surface area (Å²) >= 11 is 0. The monoisotopic (exact) mass is 410 g/mol. The number of anilines is 2. The van der Waals surface area contributed by atoms with E-state index in [0.29, 0.717) is 28.9 Å². The first-order valence-corrected chi connectivity index (χ1v) is 9.49. The van der Waals surface area contributed by atoms with Gasteiger partial charge in [-0.25, -0.2) is 0 Å². The second kappa shape index (κ2) is 9.69. The third-order valence-corrected chi connectivity index (χ3v) is 4.79. The van der Waals surface area contributed by atoms with E-state index >= 15 is 0 Å². The Kier molecular flexibility index (Phi) is 7.30. The van der Waals surface area contributed by atoms with E-state index in [1.807, 2.05) is 0 Å². The number of carbonyl (C=O) groups excluding carboxylic acids is 4. The molecule has 8 nitrogen and oxygen atoms in total. The standard InChI is InChI=1S/C22H26N4O4/c1-14(27)25-18-9-5-16(6-10-18)22(21(24)30,13-3-4-20(23)29)17-7-11-19(12-8-17)26-15(2)28/h5-12H,3-4,13H2,1-2H3,(H2,23,29)(H2,24,30)(H,25,27)(H,26,28). The minimum atomic E-state index is -1.21. The highest BCUT2D eigenvalue weighted by Gasteiger charge is 2.40. The van der Waals surface area contributed by atoms with Crippen molar-refractivity contribution in [3.05, 3.63) is 59.7 Å². The second-order valence-electron chi connectivity index (χ2n) is 7.11. The zero-order chi connectivity index (χ0) is 22.3. The van der Waals surface area contributed by atoms with E-state index in [1.54, 1.807) is 48.5 Å². The molecule has 2 aromatic rings. The molecule has 0 radical (unpaired) electrons. The average Bonchev–Trinajstić information content (AvgIpc) is 2.65. The van der Waals surface area contributed by atoms with Gasteiger partial charge in [-0.15, -0.1) is 0 Å². The van der Waals surface area contributed by atoms with E-state index in [1.165, 1.54) is 13.8 Å². The van der Waals surface area contributed by atoms with Crippen molar-refractivity contribution in [2.75, 3.05) is 10.6 Å². The van der Waals surface area contributed by atoms with E-state index in [-0.39, 0.29) is 24.7 Å². The maximum absolute atomic E-state index is 12.8. The molecule has 0 spiro atoms. The third kappa shape index (κ3) is 5.44. The van der Waals surface area contributed by atoms with Crippen molar-refractivity contribution in [1.29, 1.82) is 0 Å². The van der Waals surface area contributed by atoms with Crippen molar-refractivity contribution in [3.8, 4) is 0 Å². The van der Waals surface area contributed by atoms with Gasteiger partial charge in [-0.1, -0.05) is 24.3 Å². The number of hydrogen-bond donors (Lipinski definition) is 4. The van der Waals surface area contributed by atoms with Crippen LogP contribution in [0.2, 0.25) is 0 Å². The van der Waals surface area contributed by atoms with Gasteiger partial charge in [0.25, 0.3) is 0 Å². The van der Waals surface area contributed by atoms with E-state index in [4.69, 9.17) is 11.5 Å². The number of benzene rings is 2. The van der Waals surface area contributed by atoms with E-state index in [2.05, 4.69) is 10.6 Å². The van der Waals surface area contributed by atoms with Gasteiger partial charge in [0.15, 0.2) is 0 Å². The molecule has 0 fully saturated rings. The highest BCUT2D eigenvalue weighted by molar-refractivity contribution is 5.92. The maximum Gasteiger partial charge on any atom is 0.232 e. The van der Waals surface area contributed by atoms with Crippen molar-refractivity contribution >= 4 is 35.0 Å². The Morgan fingerprint density at radius 3 is 1.47 bits per heavy atom. The lowest BCUT2D eigenvalue weighted by Gasteiger charge is -2.32. The molecule has 8 heteroatoms. The summed E-state index contributed by atoms with van der Waals surface area (Å²) in [6.07, 6.45) is 0.742. The van der Waals surface area contributed by atoms with Gasteiger partial charge in [-0.2, -0.15) is 0 Å². The lowest BCUT2D eigenvalue weighted by atomic mass is 9.70. The van der Waals surface area contributed by atoms with Gasteiger partial charge in [0.2, 0.25) is 23.6 Å². The fourth-order valence-corrected chi connectivity index (χ4v) is 3.47. The molecular formula is C22H26N4O4. The number of amides is 4. The van der Waals surface area contributed by atoms with Crippen LogP contribution in [0.4, 0.5) is 11.4 Å². The molecule has 0 unspecified atom stereocenters. The Labute approximate surface area is 175 Å². The quantitative estimate of drug-likeness (QED) is 0.501. The van der Waals surface area contributed by atoms with E-state index in [0.717, 1.165) is 0 Å². The molecule has 6 N–H and O–H groups in total. The van der Waals surface area contributed by atoms with E-state index in [9.17, 15) is 19.2 Å². The van der Waals surface area contributed by atoms with Crippen LogP contribution in [-0.4, -0.2) is 23.6 Å². The van der Waals surface area contributed by atoms with Crippen LogP contribution in [0.25, 0.3) is 0 Å². The molecular weight excluding hydrogens is 384 g/mol. The number of primary amides is 2. The summed E-state index contributed by atoms with van der Waals surface area (Å²) < 4.78 is 0. The molecule has 0 saturated carbocycles. The summed E-state index contributed by atoms with van der Waals surface area (Å²) in [6, 6.07) is 13.7. The number of rotatable bonds is 9. The fourth-order valence-electron chi connectivity index (χ4n) is 3.47. The van der Waals surface area contributed by atoms with Crippen molar-refractivity contribution in [1.82, 2.24) is 0 Å². The third-order valence-electron chi connectivity index (χ3n) is 4.79. The SMILES string of the molecule is CC(=O)Nc1ccc(C(CCCC(N)=O)(C(N)=O)c2ccc(NC(C)=O)cc2)cc1. The summed E-state index contributed by atoms with van der Waals surface area (Å²) in [4.78, 5) is 46.6. The Balaban J connectivity index is 2.52. The van der Waals surface area contributed by atoms with Gasteiger partial charge >= 0.3 is 0 Å². The van der Waals surface area contributed by atoms with Crippen molar-refractivity contribution in [3.63, 3.8) is 0 Å². The van der Waals surface area contributed by atoms with Crippen molar-refractivity contribution in [2.24, 2.45) is 11.5 Å². The molecule has 0 heterocycles. The zero-order valence-corrected chi connectivity index (χ0v) is 17.0. The van der Waals surface area contributed by atoms with Crippen molar-refractivity contribution in [2.45, 2.75) is 38.5 Å². The Hall–Kier alpha value is -3.68. The predicted molar refractivity (Wildman–Crippen MR) is 115 cm³/mol. The first-order valence-electron chi connectivity index (χ1n) is 9.49. The molecule has 0 aliphatic carbocycles. The summed E-state index contributed by atoms with van der Waals surface area (Å²) in [5.41, 5.74) is 12.4. The topological polar surface area (TPSA) is 144 Å². The van der Waals surface area contributed by atoms with Crippen LogP contribution in [0.1, 0.15) is 44.2 Å². The number of carbonyl (C=O) groups is 4. The molecule has 2 rings (SSSR count). The van der Waals surface area contributed by atoms with Crippen LogP contribution in [0.3, 0.4) is 0 Å². The second-order valence-corrected chi connectivity index (χ2v) is 7.11. The largest absolute Gasteiger partial charge is 0.370 e. The average molecular weight is 410 g/mol. The van der Waals surface area contributed by atoms with Crippen LogP contribution in [-0.2, 0) is 24.6 Å². The highest BCUT2D eigenvalue weighted by Crippen LogP contribution is 2.38. The molecule has 30 heavy (non-hydrogen) atoms. The summed E-state index contributed by atoms with van der Waals surface area (Å²) in [5.74, 6) is -1.46. The lowest BCUT2D eigenvalue weighted by molar-refractivity contribution is -0.123. The molecule has 4 amide bonds. The van der Waals surface area contributed by atoms with Gasteiger partial charge in [0.05, 0.1) is 5.41 Å². The molecule has 0 saturated heterocycles. The van der Waals surface area contributed by atoms with Crippen LogP contribution < -0.4 is 22.1 Å². The summed E-state index contributed by atoms with van der Waals surface area (Å²) in [6.45, 7) is 2.81. The van der Waals surface area contributed by atoms with Crippen LogP contribution in [0.15, 0.2) is 48.5 Å². The van der Waals surface area contributed by atoms with Crippen LogP contribution in [0.5, 0.6) is 0 Å². The number of hydrogen-bond acceptors (Lipinski definition) is 4. The van der Waals surface area contributed by atoms with Gasteiger partial charge in [0, 0.05) is 31.6 Å². The zero-order valence-electron chi connectivity index (χ0n) is 17.0. The van der Waals surface area contributed by atoms with E-state index < -0.39 is 17.2 Å². The fraction of sp³-hybridized carbons (Fsp3) is 0.273. The first kappa shape index (κ1) is 22.6. The van der Waals surface area contributed by atoms with Crippen molar-refractivity contribution < 1.29 is 19.2 Å². The van der Waals surface area contributed by atoms with Gasteiger partial charge in [0.1, 0.15) is 0 Å². The van der Waals surface area contributed by atoms with Crippen LogP contribution in [0, 0.1) is 0 Å². The number of nitrogens with two attached hydrogens (primary N) is 2. The van der Waals surface area contributed by atoms with Gasteiger partial charge in [-0.3, -0.25) is 19.2 Å². The predicted octanol–water partition coefficient (Wildman–Crippen LogP) is 2.03. The Bertz CT molecular complexity index is 877. The lowest BCUT2D eigenvalue weighted by Crippen LogP contribution is -2.42. The molecule has 0 aromatic heterocycles. The highest BCUT2D eigenvalue weighted by atomic mass is 16.2. The molecule has 0 bridgehead atoms. The van der Waals surface area contributed by atoms with Crippen LogP contribution >= 0.6 is 0 Å². The molecule has 0 aliphatic rings. The molecule has 2 aromatic carbocycles. The normalized spacial score (nSPS) is 10.9. The Morgan fingerprint density at radius 1 is 0.767 bits per heavy atom. The minimum absolute atomic E-state index is 0.114. The summed E-state index contributed by atoms with van der Waals surface area (Å²) in [7, 11) is 0. The minimum Gasteiger partial charge on any atom is -0.370 e. The van der Waals surface area contributed by atoms with Gasteiger partial charge < -0.3 is 22.1 Å². The summed E-state index contributed by atoms with van der Waals surface area (Å²) in [5, 5.41) is 5.36. The number of nitrogens with one attached hydrogen (secondary N) is 2. The van der Waals surface area contributed by atoms with Gasteiger partial charge in [-0.05, 0) is 48.2 Å². The smallest absolute Gasteiger partial charge is 0.232 e. The Morgan fingerprint density at radius 2 is 1.17 bits per heavy atom. The first-order chi connectivity index (χ1) is 14.1. The molecule has 158 valence electrons. The molecule has 0 atom stereocenters. The molecule has 0 aliphatic heterocycles. The maximum atomic E-state index is 12.8.